The van der Waals surface area contributed by atoms with Gasteiger partial charge in [-0.2, -0.15) is 0 Å². The summed E-state index contributed by atoms with van der Waals surface area (Å²) in [4.78, 5) is 6.52. The third-order valence-corrected chi connectivity index (χ3v) is 4.94. The summed E-state index contributed by atoms with van der Waals surface area (Å²) in [7, 11) is 3.91. The molecule has 0 bridgehead atoms. The minimum Gasteiger partial charge on any atom is -0.467 e. The number of nitrogens with zero attached hydrogens (tertiary/aromatic N) is 2. The van der Waals surface area contributed by atoms with Gasteiger partial charge in [0.2, 0.25) is 0 Å². The summed E-state index contributed by atoms with van der Waals surface area (Å²) in [6, 6.07) is 3.93. The van der Waals surface area contributed by atoms with E-state index in [9.17, 15) is 0 Å². The average Bonchev–Trinajstić information content (AvgIpc) is 3.11. The second-order valence-electron chi connectivity index (χ2n) is 6.33. The van der Waals surface area contributed by atoms with Gasteiger partial charge in [0.25, 0.3) is 0 Å². The van der Waals surface area contributed by atoms with Crippen LogP contribution < -0.4 is 5.32 Å². The molecule has 4 nitrogen and oxygen atoms in total. The van der Waals surface area contributed by atoms with E-state index >= 15 is 0 Å². The Morgan fingerprint density at radius 3 is 2.80 bits per heavy atom. The fraction of sp³-hybridized carbons (Fsp3) is 0.688. The Balaban J connectivity index is 1.54. The molecule has 0 amide bonds. The van der Waals surface area contributed by atoms with E-state index in [0.29, 0.717) is 5.41 Å². The van der Waals surface area contributed by atoms with Gasteiger partial charge in [-0.15, -0.1) is 0 Å². The summed E-state index contributed by atoms with van der Waals surface area (Å²) < 4.78 is 5.40. The zero-order valence-electron chi connectivity index (χ0n) is 12.6. The molecule has 0 radical (unpaired) electrons. The molecule has 20 heavy (non-hydrogen) atoms. The van der Waals surface area contributed by atoms with Crippen molar-refractivity contribution in [3.63, 3.8) is 0 Å². The highest BCUT2D eigenvalue weighted by Gasteiger charge is 2.48. The Bertz CT molecular complexity index is 458. The molecule has 2 fully saturated rings. The molecule has 1 N–H and O–H groups in total. The molecule has 2 aliphatic carbocycles. The van der Waals surface area contributed by atoms with Crippen molar-refractivity contribution in [3.8, 4) is 0 Å². The summed E-state index contributed by atoms with van der Waals surface area (Å²) in [6.45, 7) is 1.83. The Kier molecular flexibility index (Phi) is 3.72. The van der Waals surface area contributed by atoms with Crippen LogP contribution in [0.25, 0.3) is 0 Å². The predicted octanol–water partition coefficient (Wildman–Crippen LogP) is 2.87. The van der Waals surface area contributed by atoms with Gasteiger partial charge in [-0.3, -0.25) is 4.99 Å². The van der Waals surface area contributed by atoms with E-state index in [0.717, 1.165) is 30.7 Å². The van der Waals surface area contributed by atoms with Gasteiger partial charge in [0, 0.05) is 20.6 Å². The van der Waals surface area contributed by atoms with Crippen molar-refractivity contribution in [3.05, 3.63) is 24.2 Å². The fourth-order valence-electron chi connectivity index (χ4n) is 3.41. The molecule has 1 aromatic rings. The van der Waals surface area contributed by atoms with E-state index in [1.807, 2.05) is 19.2 Å². The highest BCUT2D eigenvalue weighted by molar-refractivity contribution is 5.79. The van der Waals surface area contributed by atoms with E-state index in [2.05, 4.69) is 22.3 Å². The van der Waals surface area contributed by atoms with Crippen LogP contribution in [-0.2, 0) is 6.54 Å². The van der Waals surface area contributed by atoms with E-state index < -0.39 is 0 Å². The van der Waals surface area contributed by atoms with Crippen molar-refractivity contribution < 1.29 is 4.42 Å². The third kappa shape index (κ3) is 2.69. The van der Waals surface area contributed by atoms with Crippen LogP contribution in [-0.4, -0.2) is 31.5 Å². The van der Waals surface area contributed by atoms with Gasteiger partial charge in [-0.1, -0.05) is 6.42 Å². The van der Waals surface area contributed by atoms with Crippen LogP contribution in [0.3, 0.4) is 0 Å². The fourth-order valence-corrected chi connectivity index (χ4v) is 3.41. The average molecular weight is 275 g/mol. The van der Waals surface area contributed by atoms with E-state index in [4.69, 9.17) is 4.42 Å². The number of nitrogens with one attached hydrogen (secondary N) is 1. The maximum atomic E-state index is 5.40. The number of aliphatic imine (C=N–C) groups is 1. The Morgan fingerprint density at radius 2 is 2.30 bits per heavy atom. The second-order valence-corrected chi connectivity index (χ2v) is 6.33. The monoisotopic (exact) mass is 275 g/mol. The standard InChI is InChI=1S/C16H25N3O/c1-17-15(19(2)11-14-5-3-10-20-14)18-12-16(8-4-9-16)13-6-7-13/h3,5,10,13H,4,6-9,11-12H2,1-2H3,(H,17,18). The molecule has 2 saturated carbocycles. The highest BCUT2D eigenvalue weighted by atomic mass is 16.3. The summed E-state index contributed by atoms with van der Waals surface area (Å²) in [5.74, 6) is 2.90. The second kappa shape index (κ2) is 5.51. The van der Waals surface area contributed by atoms with Gasteiger partial charge >= 0.3 is 0 Å². The summed E-state index contributed by atoms with van der Waals surface area (Å²) in [5.41, 5.74) is 0.571. The van der Waals surface area contributed by atoms with Crippen LogP contribution >= 0.6 is 0 Å². The van der Waals surface area contributed by atoms with Crippen LogP contribution in [0.1, 0.15) is 37.9 Å². The van der Waals surface area contributed by atoms with Gasteiger partial charge in [0.05, 0.1) is 12.8 Å². The van der Waals surface area contributed by atoms with Crippen LogP contribution in [0, 0.1) is 11.3 Å². The normalized spacial score (nSPS) is 21.4. The maximum absolute atomic E-state index is 5.40. The predicted molar refractivity (Wildman–Crippen MR) is 80.5 cm³/mol. The number of rotatable bonds is 5. The van der Waals surface area contributed by atoms with Crippen molar-refractivity contribution in [1.82, 2.24) is 10.2 Å². The lowest BCUT2D eigenvalue weighted by atomic mass is 9.65. The van der Waals surface area contributed by atoms with Crippen molar-refractivity contribution in [1.29, 1.82) is 0 Å². The van der Waals surface area contributed by atoms with E-state index in [1.165, 1.54) is 32.1 Å². The zero-order chi connectivity index (χ0) is 14.0. The number of guanidine groups is 1. The van der Waals surface area contributed by atoms with Crippen LogP contribution in [0.15, 0.2) is 27.8 Å². The summed E-state index contributed by atoms with van der Waals surface area (Å²) in [5, 5.41) is 3.58. The molecule has 4 heteroatoms. The number of hydrogen-bond donors (Lipinski definition) is 1. The van der Waals surface area contributed by atoms with Gasteiger partial charge < -0.3 is 14.6 Å². The van der Waals surface area contributed by atoms with E-state index in [-0.39, 0.29) is 0 Å². The first-order chi connectivity index (χ1) is 9.73. The van der Waals surface area contributed by atoms with Gasteiger partial charge in [-0.05, 0) is 49.1 Å². The topological polar surface area (TPSA) is 40.8 Å². The molecule has 1 aromatic heterocycles. The first-order valence-corrected chi connectivity index (χ1v) is 7.68. The Hall–Kier alpha value is -1.45. The zero-order valence-corrected chi connectivity index (χ0v) is 12.6. The van der Waals surface area contributed by atoms with Crippen LogP contribution in [0.5, 0.6) is 0 Å². The molecule has 0 atom stereocenters. The van der Waals surface area contributed by atoms with Crippen LogP contribution in [0.4, 0.5) is 0 Å². The lowest BCUT2D eigenvalue weighted by molar-refractivity contribution is 0.105. The lowest BCUT2D eigenvalue weighted by Crippen LogP contribution is -2.47. The smallest absolute Gasteiger partial charge is 0.193 e. The first kappa shape index (κ1) is 13.5. The SMILES string of the molecule is CN=C(NCC1(C2CC2)CCC1)N(C)Cc1ccco1. The molecule has 3 rings (SSSR count). The number of hydrogen-bond acceptors (Lipinski definition) is 2. The molecule has 0 unspecified atom stereocenters. The van der Waals surface area contributed by atoms with Crippen molar-refractivity contribution in [2.75, 3.05) is 20.6 Å². The molecule has 110 valence electrons. The van der Waals surface area contributed by atoms with Crippen LogP contribution in [0.2, 0.25) is 0 Å². The Morgan fingerprint density at radius 1 is 1.50 bits per heavy atom. The molecule has 0 saturated heterocycles. The van der Waals surface area contributed by atoms with Gasteiger partial charge in [0.15, 0.2) is 5.96 Å². The molecule has 2 aliphatic rings. The minimum atomic E-state index is 0.571. The van der Waals surface area contributed by atoms with E-state index in [1.54, 1.807) is 6.26 Å². The van der Waals surface area contributed by atoms with Gasteiger partial charge in [0.1, 0.15) is 5.76 Å². The number of furan rings is 1. The molecule has 0 spiro atoms. The van der Waals surface area contributed by atoms with Gasteiger partial charge in [-0.25, -0.2) is 0 Å². The molecular weight excluding hydrogens is 250 g/mol. The molecule has 1 heterocycles. The van der Waals surface area contributed by atoms with Crippen molar-refractivity contribution in [2.24, 2.45) is 16.3 Å². The van der Waals surface area contributed by atoms with Crippen molar-refractivity contribution >= 4 is 5.96 Å². The summed E-state index contributed by atoms with van der Waals surface area (Å²) in [6.07, 6.45) is 8.77. The van der Waals surface area contributed by atoms with Crippen molar-refractivity contribution in [2.45, 2.75) is 38.6 Å². The summed E-state index contributed by atoms with van der Waals surface area (Å²) >= 11 is 0. The maximum Gasteiger partial charge on any atom is 0.193 e. The third-order valence-electron chi connectivity index (χ3n) is 4.94. The first-order valence-electron chi connectivity index (χ1n) is 7.68. The quantitative estimate of drug-likeness (QED) is 0.663. The Labute approximate surface area is 121 Å². The molecule has 0 aliphatic heterocycles. The highest BCUT2D eigenvalue weighted by Crippen LogP contribution is 2.56. The lowest BCUT2D eigenvalue weighted by Gasteiger charge is -2.43. The minimum absolute atomic E-state index is 0.571. The molecular formula is C16H25N3O. The largest absolute Gasteiger partial charge is 0.467 e. The molecule has 0 aromatic carbocycles.